The number of rotatable bonds is 19. The van der Waals surface area contributed by atoms with Crippen LogP contribution in [0.3, 0.4) is 0 Å². The Morgan fingerprint density at radius 3 is 1.23 bits per heavy atom. The van der Waals surface area contributed by atoms with Crippen molar-refractivity contribution in [1.29, 1.82) is 0 Å². The molecule has 0 aromatic heterocycles. The molecule has 4 heteroatoms. The standard InChI is InChI=1S/C18H38O.C17H26O3/c1-2-3-4-5-6-7-8-9-10-11-12-13-14-15-16-17-18-19;1-15(2,3)17(14(19)20,16(4,5)6)11-12-7-9-13(18)10-8-12/h19H,2-18H2,1H3;7-10,18H,11H2,1-6H3,(H,19,20). The van der Waals surface area contributed by atoms with Gasteiger partial charge in [0.15, 0.2) is 0 Å². The van der Waals surface area contributed by atoms with Crippen molar-refractivity contribution in [2.45, 2.75) is 158 Å². The van der Waals surface area contributed by atoms with Gasteiger partial charge in [-0.3, -0.25) is 4.79 Å². The molecule has 0 atom stereocenters. The summed E-state index contributed by atoms with van der Waals surface area (Å²) in [5.41, 5.74) is -0.754. The van der Waals surface area contributed by atoms with Gasteiger partial charge in [0.25, 0.3) is 0 Å². The van der Waals surface area contributed by atoms with Crippen LogP contribution in [0.5, 0.6) is 5.75 Å². The summed E-state index contributed by atoms with van der Waals surface area (Å²) in [6.07, 6.45) is 22.6. The first kappa shape index (κ1) is 37.5. The minimum atomic E-state index is -0.892. The van der Waals surface area contributed by atoms with E-state index in [1.807, 2.05) is 41.5 Å². The number of carbonyl (C=O) groups is 1. The number of aromatic hydroxyl groups is 1. The minimum absolute atomic E-state index is 0.196. The van der Waals surface area contributed by atoms with Crippen LogP contribution < -0.4 is 0 Å². The summed E-state index contributed by atoms with van der Waals surface area (Å²) in [7, 11) is 0. The zero-order chi connectivity index (χ0) is 29.8. The quantitative estimate of drug-likeness (QED) is 0.150. The van der Waals surface area contributed by atoms with Crippen LogP contribution in [0.1, 0.15) is 157 Å². The van der Waals surface area contributed by atoms with E-state index in [0.29, 0.717) is 13.0 Å². The van der Waals surface area contributed by atoms with Crippen molar-refractivity contribution < 1.29 is 20.1 Å². The molecule has 0 aliphatic heterocycles. The topological polar surface area (TPSA) is 77.8 Å². The number of phenolic OH excluding ortho intramolecular Hbond substituents is 1. The first-order valence-corrected chi connectivity index (χ1v) is 16.0. The molecule has 0 amide bonds. The van der Waals surface area contributed by atoms with E-state index in [-0.39, 0.29) is 5.75 Å². The van der Waals surface area contributed by atoms with E-state index in [2.05, 4.69) is 6.92 Å². The second kappa shape index (κ2) is 20.3. The Hall–Kier alpha value is -1.55. The summed E-state index contributed by atoms with van der Waals surface area (Å²) in [5.74, 6) is -0.577. The summed E-state index contributed by atoms with van der Waals surface area (Å²) >= 11 is 0. The van der Waals surface area contributed by atoms with E-state index >= 15 is 0 Å². The summed E-state index contributed by atoms with van der Waals surface area (Å²) in [6.45, 7) is 14.5. The summed E-state index contributed by atoms with van der Waals surface area (Å²) in [6, 6.07) is 6.80. The Kier molecular flexibility index (Phi) is 19.5. The van der Waals surface area contributed by atoms with Gasteiger partial charge in [0, 0.05) is 6.61 Å². The monoisotopic (exact) mass is 548 g/mol. The van der Waals surface area contributed by atoms with Gasteiger partial charge in [-0.05, 0) is 41.4 Å². The van der Waals surface area contributed by atoms with Crippen molar-refractivity contribution >= 4 is 5.97 Å². The fourth-order valence-corrected chi connectivity index (χ4v) is 5.95. The number of carboxylic acid groups (broad SMARTS) is 1. The molecule has 3 N–H and O–H groups in total. The van der Waals surface area contributed by atoms with Crippen LogP contribution in [-0.4, -0.2) is 27.9 Å². The molecule has 0 aliphatic rings. The molecule has 0 aliphatic carbocycles. The van der Waals surface area contributed by atoms with Crippen molar-refractivity contribution in [2.24, 2.45) is 16.2 Å². The van der Waals surface area contributed by atoms with Crippen LogP contribution >= 0.6 is 0 Å². The third kappa shape index (κ3) is 15.1. The first-order chi connectivity index (χ1) is 18.3. The first-order valence-electron chi connectivity index (χ1n) is 16.0. The highest BCUT2D eigenvalue weighted by molar-refractivity contribution is 5.77. The zero-order valence-corrected chi connectivity index (χ0v) is 26.8. The highest BCUT2D eigenvalue weighted by Gasteiger charge is 2.56. The lowest BCUT2D eigenvalue weighted by molar-refractivity contribution is -0.168. The van der Waals surface area contributed by atoms with E-state index in [1.165, 1.54) is 96.3 Å². The summed E-state index contributed by atoms with van der Waals surface area (Å²) in [5, 5.41) is 28.0. The molecular weight excluding hydrogens is 484 g/mol. The highest BCUT2D eigenvalue weighted by Crippen LogP contribution is 2.53. The summed E-state index contributed by atoms with van der Waals surface area (Å²) < 4.78 is 0. The third-order valence-electron chi connectivity index (χ3n) is 8.34. The van der Waals surface area contributed by atoms with Crippen LogP contribution in [0.15, 0.2) is 24.3 Å². The molecular formula is C35H64O4. The van der Waals surface area contributed by atoms with Gasteiger partial charge in [-0.15, -0.1) is 0 Å². The lowest BCUT2D eigenvalue weighted by Gasteiger charge is -2.50. The van der Waals surface area contributed by atoms with Crippen LogP contribution in [0.2, 0.25) is 0 Å². The largest absolute Gasteiger partial charge is 0.508 e. The van der Waals surface area contributed by atoms with Crippen LogP contribution in [0.4, 0.5) is 0 Å². The van der Waals surface area contributed by atoms with E-state index in [4.69, 9.17) is 5.11 Å². The van der Waals surface area contributed by atoms with Gasteiger partial charge in [-0.1, -0.05) is 157 Å². The second-order valence-electron chi connectivity index (χ2n) is 13.6. The van der Waals surface area contributed by atoms with Crippen LogP contribution in [0, 0.1) is 16.2 Å². The molecule has 0 unspecified atom stereocenters. The molecule has 0 bridgehead atoms. The predicted molar refractivity (Wildman–Crippen MR) is 167 cm³/mol. The molecule has 1 aromatic rings. The van der Waals surface area contributed by atoms with Gasteiger partial charge < -0.3 is 15.3 Å². The zero-order valence-electron chi connectivity index (χ0n) is 26.8. The van der Waals surface area contributed by atoms with E-state index < -0.39 is 22.2 Å². The lowest BCUT2D eigenvalue weighted by atomic mass is 9.52. The van der Waals surface area contributed by atoms with Gasteiger partial charge >= 0.3 is 5.97 Å². The number of phenols is 1. The summed E-state index contributed by atoms with van der Waals surface area (Å²) in [4.78, 5) is 12.1. The van der Waals surface area contributed by atoms with Crippen LogP contribution in [0.25, 0.3) is 0 Å². The molecule has 0 spiro atoms. The van der Waals surface area contributed by atoms with Gasteiger partial charge in [0.05, 0.1) is 5.41 Å². The van der Waals surface area contributed by atoms with E-state index in [0.717, 1.165) is 12.0 Å². The number of unbranched alkanes of at least 4 members (excludes halogenated alkanes) is 15. The number of aliphatic hydroxyl groups excluding tert-OH is 1. The third-order valence-corrected chi connectivity index (χ3v) is 8.34. The van der Waals surface area contributed by atoms with E-state index in [9.17, 15) is 15.0 Å². The molecule has 39 heavy (non-hydrogen) atoms. The lowest BCUT2D eigenvalue weighted by Crippen LogP contribution is -2.53. The maximum absolute atomic E-state index is 12.1. The van der Waals surface area contributed by atoms with E-state index in [1.54, 1.807) is 24.3 Å². The average Bonchev–Trinajstić information content (AvgIpc) is 2.84. The fraction of sp³-hybridized carbons (Fsp3) is 0.800. The predicted octanol–water partition coefficient (Wildman–Crippen LogP) is 10.3. The smallest absolute Gasteiger partial charge is 0.311 e. The van der Waals surface area contributed by atoms with Crippen molar-refractivity contribution in [3.8, 4) is 5.75 Å². The second-order valence-corrected chi connectivity index (χ2v) is 13.6. The Bertz CT molecular complexity index is 694. The molecule has 0 saturated carbocycles. The van der Waals surface area contributed by atoms with Gasteiger partial charge in [-0.25, -0.2) is 0 Å². The number of aliphatic carboxylic acids is 1. The average molecular weight is 549 g/mol. The van der Waals surface area contributed by atoms with Gasteiger partial charge in [-0.2, -0.15) is 0 Å². The highest BCUT2D eigenvalue weighted by atomic mass is 16.4. The number of hydrogen-bond acceptors (Lipinski definition) is 3. The van der Waals surface area contributed by atoms with Crippen molar-refractivity contribution in [3.05, 3.63) is 29.8 Å². The molecule has 1 aromatic carbocycles. The maximum Gasteiger partial charge on any atom is 0.311 e. The molecule has 4 nitrogen and oxygen atoms in total. The Morgan fingerprint density at radius 1 is 0.615 bits per heavy atom. The molecule has 0 heterocycles. The molecule has 228 valence electrons. The fourth-order valence-electron chi connectivity index (χ4n) is 5.95. The number of benzene rings is 1. The number of aliphatic hydroxyl groups is 1. The SMILES string of the molecule is CC(C)(C)C(Cc1ccc(O)cc1)(C(=O)O)C(C)(C)C.CCCCCCCCCCCCCCCCCCO. The molecule has 0 fully saturated rings. The van der Waals surface area contributed by atoms with Crippen molar-refractivity contribution in [2.75, 3.05) is 6.61 Å². The normalized spacial score (nSPS) is 12.2. The maximum atomic E-state index is 12.1. The number of carboxylic acids is 1. The van der Waals surface area contributed by atoms with Crippen molar-refractivity contribution in [3.63, 3.8) is 0 Å². The molecule has 0 radical (unpaired) electrons. The number of hydrogen-bond donors (Lipinski definition) is 3. The van der Waals surface area contributed by atoms with Crippen LogP contribution in [-0.2, 0) is 11.2 Å². The van der Waals surface area contributed by atoms with Gasteiger partial charge in [0.2, 0.25) is 0 Å². The minimum Gasteiger partial charge on any atom is -0.508 e. The Balaban J connectivity index is 0.000000742. The molecule has 1 rings (SSSR count). The Labute approximate surface area is 242 Å². The van der Waals surface area contributed by atoms with Gasteiger partial charge in [0.1, 0.15) is 5.75 Å². The van der Waals surface area contributed by atoms with Crippen molar-refractivity contribution in [1.82, 2.24) is 0 Å². The molecule has 0 saturated heterocycles. The Morgan fingerprint density at radius 2 is 0.949 bits per heavy atom.